The molecule has 0 unspecified atom stereocenters. The third kappa shape index (κ3) is 2.55. The zero-order chi connectivity index (χ0) is 22.9. The molecule has 0 N–H and O–H groups in total. The molecule has 0 radical (unpaired) electrons. The average molecular weight is 436 g/mol. The van der Waals surface area contributed by atoms with Crippen molar-refractivity contribution in [3.8, 4) is 27.9 Å². The van der Waals surface area contributed by atoms with E-state index in [-0.39, 0.29) is 5.41 Å². The maximum atomic E-state index is 2.49. The van der Waals surface area contributed by atoms with Crippen LogP contribution >= 0.6 is 0 Å². The lowest BCUT2D eigenvalue weighted by atomic mass is 9.81. The van der Waals surface area contributed by atoms with Gasteiger partial charge in [0.05, 0.1) is 11.0 Å². The van der Waals surface area contributed by atoms with E-state index in [2.05, 4.69) is 134 Å². The monoisotopic (exact) mass is 435 g/mol. The Hall–Kier alpha value is -4.10. The molecule has 1 nitrogen and oxygen atoms in total. The van der Waals surface area contributed by atoms with Gasteiger partial charge in [0.15, 0.2) is 0 Å². The smallest absolute Gasteiger partial charge is 0.0588 e. The molecule has 1 aliphatic rings. The molecule has 0 amide bonds. The average Bonchev–Trinajstić information content (AvgIpc) is 3.34. The van der Waals surface area contributed by atoms with Crippen molar-refractivity contribution in [3.63, 3.8) is 0 Å². The zero-order valence-corrected chi connectivity index (χ0v) is 19.4. The first-order valence-electron chi connectivity index (χ1n) is 12.0. The molecule has 0 spiro atoms. The van der Waals surface area contributed by atoms with Gasteiger partial charge < -0.3 is 4.57 Å². The quantitative estimate of drug-likeness (QED) is 0.256. The van der Waals surface area contributed by atoms with Gasteiger partial charge in [0.2, 0.25) is 0 Å². The first-order chi connectivity index (χ1) is 16.6. The Kier molecular flexibility index (Phi) is 3.96. The summed E-state index contributed by atoms with van der Waals surface area (Å²) in [4.78, 5) is 0. The Morgan fingerprint density at radius 1 is 0.559 bits per heavy atom. The maximum Gasteiger partial charge on any atom is 0.0588 e. The molecule has 0 fully saturated rings. The highest BCUT2D eigenvalue weighted by molar-refractivity contribution is 6.13. The van der Waals surface area contributed by atoms with Crippen molar-refractivity contribution < 1.29 is 0 Å². The summed E-state index contributed by atoms with van der Waals surface area (Å²) < 4.78 is 2.49. The van der Waals surface area contributed by atoms with Gasteiger partial charge in [-0.05, 0) is 51.6 Å². The summed E-state index contributed by atoms with van der Waals surface area (Å²) >= 11 is 0. The molecule has 0 atom stereocenters. The number of para-hydroxylation sites is 1. The van der Waals surface area contributed by atoms with Crippen LogP contribution in [0, 0.1) is 0 Å². The molecule has 0 aliphatic heterocycles. The van der Waals surface area contributed by atoms with Crippen LogP contribution < -0.4 is 0 Å². The van der Waals surface area contributed by atoms with Gasteiger partial charge >= 0.3 is 0 Å². The SMILES string of the molecule is CC1(C)c2ccccc2-c2ccc3c4ccccc4n(-c4cccc(-c5ccccc5)c4)c3c21. The zero-order valence-electron chi connectivity index (χ0n) is 19.4. The Bertz CT molecular complexity index is 1720. The number of nitrogens with zero attached hydrogens (tertiary/aromatic N) is 1. The minimum atomic E-state index is -0.0748. The second-order valence-corrected chi connectivity index (χ2v) is 9.82. The second kappa shape index (κ2) is 6.95. The lowest BCUT2D eigenvalue weighted by molar-refractivity contribution is 0.664. The van der Waals surface area contributed by atoms with Crippen molar-refractivity contribution >= 4 is 21.8 Å². The Balaban J connectivity index is 1.61. The van der Waals surface area contributed by atoms with E-state index >= 15 is 0 Å². The molecule has 162 valence electrons. The van der Waals surface area contributed by atoms with Gasteiger partial charge in [-0.2, -0.15) is 0 Å². The Labute approximate surface area is 199 Å². The molecule has 0 saturated heterocycles. The molecule has 7 rings (SSSR count). The van der Waals surface area contributed by atoms with Crippen LogP contribution in [-0.4, -0.2) is 4.57 Å². The van der Waals surface area contributed by atoms with E-state index in [1.54, 1.807) is 0 Å². The van der Waals surface area contributed by atoms with Gasteiger partial charge in [0.1, 0.15) is 0 Å². The van der Waals surface area contributed by atoms with Gasteiger partial charge in [-0.15, -0.1) is 0 Å². The maximum absolute atomic E-state index is 2.49. The molecule has 34 heavy (non-hydrogen) atoms. The number of fused-ring (bicyclic) bond motifs is 7. The first kappa shape index (κ1) is 19.4. The highest BCUT2D eigenvalue weighted by Crippen LogP contribution is 2.52. The number of hydrogen-bond donors (Lipinski definition) is 0. The van der Waals surface area contributed by atoms with Crippen molar-refractivity contribution in [1.29, 1.82) is 0 Å². The van der Waals surface area contributed by atoms with Crippen LogP contribution in [0.4, 0.5) is 0 Å². The summed E-state index contributed by atoms with van der Waals surface area (Å²) in [7, 11) is 0. The molecule has 1 heterocycles. The van der Waals surface area contributed by atoms with Gasteiger partial charge in [0.25, 0.3) is 0 Å². The van der Waals surface area contributed by atoms with E-state index in [1.807, 2.05) is 0 Å². The molecule has 6 aromatic rings. The van der Waals surface area contributed by atoms with E-state index < -0.39 is 0 Å². The minimum Gasteiger partial charge on any atom is -0.309 e. The third-order valence-electron chi connectivity index (χ3n) is 7.56. The summed E-state index contributed by atoms with van der Waals surface area (Å²) in [6, 6.07) is 42.0. The Morgan fingerprint density at radius 2 is 1.29 bits per heavy atom. The molecule has 1 aromatic heterocycles. The van der Waals surface area contributed by atoms with Crippen LogP contribution in [0.15, 0.2) is 115 Å². The largest absolute Gasteiger partial charge is 0.309 e. The van der Waals surface area contributed by atoms with E-state index in [0.29, 0.717) is 0 Å². The topological polar surface area (TPSA) is 4.93 Å². The highest BCUT2D eigenvalue weighted by Gasteiger charge is 2.38. The normalized spacial score (nSPS) is 13.8. The molecule has 5 aromatic carbocycles. The summed E-state index contributed by atoms with van der Waals surface area (Å²) in [6.07, 6.45) is 0. The van der Waals surface area contributed by atoms with Gasteiger partial charge in [0, 0.05) is 21.9 Å². The summed E-state index contributed by atoms with van der Waals surface area (Å²) in [6.45, 7) is 4.75. The molecule has 0 saturated carbocycles. The predicted octanol–water partition coefficient (Wildman–Crippen LogP) is 8.76. The molecule has 1 aliphatic carbocycles. The van der Waals surface area contributed by atoms with E-state index in [4.69, 9.17) is 0 Å². The first-order valence-corrected chi connectivity index (χ1v) is 12.0. The standard InChI is InChI=1S/C33H25N/c1-33(2)29-17-8-6-15-25(29)27-19-20-28-26-16-7-9-18-30(26)34(32(28)31(27)33)24-14-10-13-23(21-24)22-11-4-3-5-12-22/h3-21H,1-2H3. The fraction of sp³-hybridized carbons (Fsp3) is 0.0909. The molecule has 1 heteroatoms. The summed E-state index contributed by atoms with van der Waals surface area (Å²) in [5, 5.41) is 2.62. The highest BCUT2D eigenvalue weighted by atomic mass is 15.0. The molecular formula is C33H25N. The lowest BCUT2D eigenvalue weighted by Gasteiger charge is -2.23. The predicted molar refractivity (Wildman–Crippen MR) is 144 cm³/mol. The lowest BCUT2D eigenvalue weighted by Crippen LogP contribution is -2.16. The van der Waals surface area contributed by atoms with E-state index in [0.717, 1.165) is 0 Å². The third-order valence-corrected chi connectivity index (χ3v) is 7.56. The van der Waals surface area contributed by atoms with Crippen LogP contribution in [-0.2, 0) is 5.41 Å². The van der Waals surface area contributed by atoms with Crippen molar-refractivity contribution in [3.05, 3.63) is 126 Å². The number of hydrogen-bond acceptors (Lipinski definition) is 0. The van der Waals surface area contributed by atoms with Crippen molar-refractivity contribution in [2.45, 2.75) is 19.3 Å². The number of rotatable bonds is 2. The fourth-order valence-electron chi connectivity index (χ4n) is 6.04. The van der Waals surface area contributed by atoms with Crippen LogP contribution in [0.2, 0.25) is 0 Å². The van der Waals surface area contributed by atoms with Gasteiger partial charge in [-0.3, -0.25) is 0 Å². The molecular weight excluding hydrogens is 410 g/mol. The molecule has 0 bridgehead atoms. The van der Waals surface area contributed by atoms with Crippen molar-refractivity contribution in [1.82, 2.24) is 4.57 Å². The van der Waals surface area contributed by atoms with Crippen LogP contribution in [0.1, 0.15) is 25.0 Å². The summed E-state index contributed by atoms with van der Waals surface area (Å²) in [5.74, 6) is 0. The van der Waals surface area contributed by atoms with Crippen molar-refractivity contribution in [2.75, 3.05) is 0 Å². The number of benzene rings is 5. The van der Waals surface area contributed by atoms with Crippen molar-refractivity contribution in [2.24, 2.45) is 0 Å². The van der Waals surface area contributed by atoms with Crippen LogP contribution in [0.25, 0.3) is 49.7 Å². The summed E-state index contributed by atoms with van der Waals surface area (Å²) in [5.41, 5.74) is 11.7. The number of aromatic nitrogens is 1. The minimum absolute atomic E-state index is 0.0748. The Morgan fingerprint density at radius 3 is 2.18 bits per heavy atom. The second-order valence-electron chi connectivity index (χ2n) is 9.82. The fourth-order valence-corrected chi connectivity index (χ4v) is 6.04. The van der Waals surface area contributed by atoms with Crippen LogP contribution in [0.3, 0.4) is 0 Å². The van der Waals surface area contributed by atoms with E-state index in [1.165, 1.54) is 60.9 Å². The van der Waals surface area contributed by atoms with Crippen LogP contribution in [0.5, 0.6) is 0 Å². The van der Waals surface area contributed by atoms with E-state index in [9.17, 15) is 0 Å². The van der Waals surface area contributed by atoms with Gasteiger partial charge in [-0.25, -0.2) is 0 Å². The van der Waals surface area contributed by atoms with Gasteiger partial charge in [-0.1, -0.05) is 111 Å².